The van der Waals surface area contributed by atoms with Crippen molar-refractivity contribution < 1.29 is 22.4 Å². The zero-order chi connectivity index (χ0) is 21.0. The molecule has 0 saturated carbocycles. The van der Waals surface area contributed by atoms with E-state index in [4.69, 9.17) is 37.2 Å². The van der Waals surface area contributed by atoms with Gasteiger partial charge in [0.05, 0.1) is 9.92 Å². The van der Waals surface area contributed by atoms with Gasteiger partial charge >= 0.3 is 0 Å². The zero-order valence-electron chi connectivity index (χ0n) is 15.4. The molecule has 8 heteroatoms. The lowest BCUT2D eigenvalue weighted by Crippen LogP contribution is -2.15. The molecule has 5 nitrogen and oxygen atoms in total. The first-order chi connectivity index (χ1) is 13.8. The largest absolute Gasteiger partial charge is 0.486 e. The number of aryl methyl sites for hydroxylation is 1. The van der Waals surface area contributed by atoms with Gasteiger partial charge in [-0.05, 0) is 37.3 Å². The Morgan fingerprint density at radius 2 is 1.59 bits per heavy atom. The van der Waals surface area contributed by atoms with Gasteiger partial charge in [0.1, 0.15) is 13.2 Å². The van der Waals surface area contributed by atoms with Crippen molar-refractivity contribution >= 4 is 33.3 Å². The third-order valence-electron chi connectivity index (χ3n) is 4.11. The highest BCUT2D eigenvalue weighted by molar-refractivity contribution is 7.85. The fourth-order valence-corrected chi connectivity index (χ4v) is 3.69. The minimum atomic E-state index is -4.02. The average Bonchev–Trinajstić information content (AvgIpc) is 2.68. The molecule has 1 aliphatic rings. The molecule has 0 atom stereocenters. The zero-order valence-corrected chi connectivity index (χ0v) is 17.8. The molecule has 0 unspecified atom stereocenters. The fourth-order valence-electron chi connectivity index (χ4n) is 2.70. The summed E-state index contributed by atoms with van der Waals surface area (Å²) in [5.74, 6) is 1.50. The van der Waals surface area contributed by atoms with E-state index in [1.807, 2.05) is 37.3 Å². The van der Waals surface area contributed by atoms with Crippen LogP contribution >= 0.6 is 23.2 Å². The predicted molar refractivity (Wildman–Crippen MR) is 114 cm³/mol. The van der Waals surface area contributed by atoms with Crippen LogP contribution in [0, 0.1) is 6.92 Å². The van der Waals surface area contributed by atoms with Gasteiger partial charge < -0.3 is 9.47 Å². The molecule has 152 valence electrons. The second-order valence-corrected chi connectivity index (χ2v) is 8.51. The Kier molecular flexibility index (Phi) is 6.70. The molecular weight excluding hydrogens is 435 g/mol. The number of ether oxygens (including phenoxy) is 2. The van der Waals surface area contributed by atoms with E-state index in [0.717, 1.165) is 28.2 Å². The first-order valence-electron chi connectivity index (χ1n) is 8.64. The number of fused-ring (bicyclic) bond motifs is 1. The van der Waals surface area contributed by atoms with E-state index in [1.54, 1.807) is 18.2 Å². The summed E-state index contributed by atoms with van der Waals surface area (Å²) in [5, 5.41) is 1.22. The topological polar surface area (TPSA) is 72.8 Å². The number of hydrogen-bond acceptors (Lipinski definition) is 4. The van der Waals surface area contributed by atoms with Crippen molar-refractivity contribution in [3.63, 3.8) is 0 Å². The maximum absolute atomic E-state index is 10.5. The highest BCUT2D eigenvalue weighted by Crippen LogP contribution is 2.42. The van der Waals surface area contributed by atoms with Crippen LogP contribution in [-0.2, 0) is 10.1 Å². The average molecular weight is 453 g/mol. The minimum Gasteiger partial charge on any atom is -0.486 e. The number of para-hydroxylation sites is 1. The SMILES string of the molecule is Cc1ccc(S(=O)(=O)O)cc1.Clc1ccc(-c2cccc3c2OCCO3)c(Cl)c1. The molecular formula is C21H18Cl2O5S. The fraction of sp³-hybridized carbons (Fsp3) is 0.143. The van der Waals surface area contributed by atoms with Crippen LogP contribution in [0.1, 0.15) is 5.56 Å². The molecule has 3 aromatic carbocycles. The van der Waals surface area contributed by atoms with Crippen LogP contribution in [-0.4, -0.2) is 26.2 Å². The molecule has 1 aliphatic heterocycles. The Hall–Kier alpha value is -2.25. The molecule has 0 radical (unpaired) electrons. The van der Waals surface area contributed by atoms with Crippen LogP contribution in [0.25, 0.3) is 11.1 Å². The molecule has 1 N–H and O–H groups in total. The lowest BCUT2D eigenvalue weighted by atomic mass is 10.0. The molecule has 0 bridgehead atoms. The number of hydrogen-bond donors (Lipinski definition) is 1. The summed E-state index contributed by atoms with van der Waals surface area (Å²) in [4.78, 5) is -0.0666. The highest BCUT2D eigenvalue weighted by Gasteiger charge is 2.18. The van der Waals surface area contributed by atoms with Crippen molar-refractivity contribution in [2.45, 2.75) is 11.8 Å². The van der Waals surface area contributed by atoms with Crippen molar-refractivity contribution in [3.8, 4) is 22.6 Å². The van der Waals surface area contributed by atoms with Crippen molar-refractivity contribution in [1.29, 1.82) is 0 Å². The van der Waals surface area contributed by atoms with Gasteiger partial charge in [0.15, 0.2) is 11.5 Å². The van der Waals surface area contributed by atoms with E-state index in [1.165, 1.54) is 12.1 Å². The molecule has 4 rings (SSSR count). The Bertz CT molecular complexity index is 1110. The molecule has 0 aromatic heterocycles. The molecule has 0 aliphatic carbocycles. The van der Waals surface area contributed by atoms with Gasteiger partial charge in [-0.1, -0.05) is 59.1 Å². The van der Waals surface area contributed by atoms with E-state index < -0.39 is 10.1 Å². The maximum Gasteiger partial charge on any atom is 0.294 e. The number of rotatable bonds is 2. The van der Waals surface area contributed by atoms with Crippen molar-refractivity contribution in [1.82, 2.24) is 0 Å². The summed E-state index contributed by atoms with van der Waals surface area (Å²) in [6.07, 6.45) is 0. The van der Waals surface area contributed by atoms with Gasteiger partial charge in [-0.25, -0.2) is 0 Å². The quantitative estimate of drug-likeness (QED) is 0.506. The third-order valence-corrected chi connectivity index (χ3v) is 5.52. The molecule has 0 amide bonds. The van der Waals surface area contributed by atoms with Crippen LogP contribution in [0.4, 0.5) is 0 Å². The summed E-state index contributed by atoms with van der Waals surface area (Å²) >= 11 is 12.1. The number of halogens is 2. The summed E-state index contributed by atoms with van der Waals surface area (Å²) in [6, 6.07) is 17.2. The van der Waals surface area contributed by atoms with E-state index in [-0.39, 0.29) is 4.90 Å². The lowest BCUT2D eigenvalue weighted by molar-refractivity contribution is 0.172. The van der Waals surface area contributed by atoms with Crippen LogP contribution in [0.5, 0.6) is 11.5 Å². The first-order valence-corrected chi connectivity index (χ1v) is 10.8. The predicted octanol–water partition coefficient (Wildman–Crippen LogP) is 5.67. The molecule has 3 aromatic rings. The molecule has 1 heterocycles. The molecule has 0 fully saturated rings. The first kappa shape index (κ1) is 21.5. The normalized spacial score (nSPS) is 12.7. The van der Waals surface area contributed by atoms with Crippen LogP contribution in [0.2, 0.25) is 10.0 Å². The Labute approximate surface area is 179 Å². The molecule has 29 heavy (non-hydrogen) atoms. The van der Waals surface area contributed by atoms with E-state index >= 15 is 0 Å². The Balaban J connectivity index is 0.000000188. The highest BCUT2D eigenvalue weighted by atomic mass is 35.5. The number of benzene rings is 3. The van der Waals surface area contributed by atoms with Gasteiger partial charge in [0.25, 0.3) is 10.1 Å². The second-order valence-electron chi connectivity index (χ2n) is 6.24. The van der Waals surface area contributed by atoms with E-state index in [0.29, 0.717) is 23.3 Å². The standard InChI is InChI=1S/C14H10Cl2O2.C7H8O3S/c15-9-4-5-10(12(16)8-9)11-2-1-3-13-14(11)18-7-6-17-13;1-6-2-4-7(5-3-6)11(8,9)10/h1-5,8H,6-7H2;2-5H,1H3,(H,8,9,10). The van der Waals surface area contributed by atoms with Crippen molar-refractivity contribution in [2.24, 2.45) is 0 Å². The van der Waals surface area contributed by atoms with Gasteiger partial charge in [0.2, 0.25) is 0 Å². The van der Waals surface area contributed by atoms with Gasteiger partial charge in [-0.3, -0.25) is 4.55 Å². The maximum atomic E-state index is 10.5. The van der Waals surface area contributed by atoms with Crippen LogP contribution < -0.4 is 9.47 Å². The smallest absolute Gasteiger partial charge is 0.294 e. The van der Waals surface area contributed by atoms with E-state index in [9.17, 15) is 8.42 Å². The van der Waals surface area contributed by atoms with Crippen LogP contribution in [0.3, 0.4) is 0 Å². The third kappa shape index (κ3) is 5.42. The van der Waals surface area contributed by atoms with Gasteiger partial charge in [-0.2, -0.15) is 8.42 Å². The van der Waals surface area contributed by atoms with Gasteiger partial charge in [0, 0.05) is 16.1 Å². The minimum absolute atomic E-state index is 0.0666. The van der Waals surface area contributed by atoms with Crippen molar-refractivity contribution in [3.05, 3.63) is 76.3 Å². The molecule has 0 spiro atoms. The molecule has 0 saturated heterocycles. The summed E-state index contributed by atoms with van der Waals surface area (Å²) in [7, 11) is -4.02. The summed E-state index contributed by atoms with van der Waals surface area (Å²) in [5.41, 5.74) is 2.77. The van der Waals surface area contributed by atoms with Crippen molar-refractivity contribution in [2.75, 3.05) is 13.2 Å². The Morgan fingerprint density at radius 3 is 2.24 bits per heavy atom. The monoisotopic (exact) mass is 452 g/mol. The van der Waals surface area contributed by atoms with E-state index in [2.05, 4.69) is 0 Å². The second kappa shape index (κ2) is 9.05. The lowest BCUT2D eigenvalue weighted by Gasteiger charge is -2.21. The Morgan fingerprint density at radius 1 is 0.897 bits per heavy atom. The summed E-state index contributed by atoms with van der Waals surface area (Å²) in [6.45, 7) is 2.97. The summed E-state index contributed by atoms with van der Waals surface area (Å²) < 4.78 is 40.8. The van der Waals surface area contributed by atoms with Gasteiger partial charge in [-0.15, -0.1) is 0 Å². The van der Waals surface area contributed by atoms with Crippen LogP contribution in [0.15, 0.2) is 65.6 Å².